The lowest BCUT2D eigenvalue weighted by Gasteiger charge is -2.14. The van der Waals surface area contributed by atoms with E-state index in [1.165, 1.54) is 7.11 Å². The number of rotatable bonds is 8. The lowest BCUT2D eigenvalue weighted by atomic mass is 10.1. The van der Waals surface area contributed by atoms with Crippen LogP contribution in [0.2, 0.25) is 0 Å². The van der Waals surface area contributed by atoms with Crippen molar-refractivity contribution in [2.75, 3.05) is 19.0 Å². The topological polar surface area (TPSA) is 84.9 Å². The second kappa shape index (κ2) is 11.5. The first-order valence-electron chi connectivity index (χ1n) is 11.0. The Morgan fingerprint density at radius 3 is 2.58 bits per heavy atom. The lowest BCUT2D eigenvalue weighted by Crippen LogP contribution is -2.36. The summed E-state index contributed by atoms with van der Waals surface area (Å²) in [4.78, 5) is 39.0. The molecule has 0 spiro atoms. The van der Waals surface area contributed by atoms with Gasteiger partial charge in [0.1, 0.15) is 13.2 Å². The van der Waals surface area contributed by atoms with E-state index >= 15 is 0 Å². The van der Waals surface area contributed by atoms with Crippen LogP contribution in [-0.2, 0) is 16.2 Å². The first-order valence-corrected chi connectivity index (χ1v) is 12.6. The highest BCUT2D eigenvalue weighted by Crippen LogP contribution is 2.39. The molecule has 4 rings (SSSR count). The first kappa shape index (κ1) is 25.5. The molecule has 0 aromatic heterocycles. The number of benzene rings is 3. The second-order valence-electron chi connectivity index (χ2n) is 7.99. The number of nitrogens with one attached hydrogen (secondary N) is 1. The van der Waals surface area contributed by atoms with Gasteiger partial charge in [-0.25, -0.2) is 0 Å². The minimum Gasteiger partial charge on any atom is -0.493 e. The third kappa shape index (κ3) is 6.16. The van der Waals surface area contributed by atoms with Crippen molar-refractivity contribution in [1.29, 1.82) is 0 Å². The standard InChI is InChI=1S/C27H23BrN2O5S/c1-17-7-6-10-20(11-17)29-24(31)15-30-26(32)23(36-27(30)33)14-19-12-21(28)25(22(13-19)34-2)35-16-18-8-4-3-5-9-18/h3-14H,15-16H2,1-2H3,(H,29,31). The molecule has 0 unspecified atom stereocenters. The molecule has 3 amide bonds. The zero-order chi connectivity index (χ0) is 25.7. The van der Waals surface area contributed by atoms with Crippen LogP contribution < -0.4 is 14.8 Å². The van der Waals surface area contributed by atoms with E-state index in [9.17, 15) is 14.4 Å². The highest BCUT2D eigenvalue weighted by atomic mass is 79.9. The van der Waals surface area contributed by atoms with E-state index in [0.717, 1.165) is 27.8 Å². The molecule has 184 valence electrons. The van der Waals surface area contributed by atoms with E-state index in [1.807, 2.05) is 55.5 Å². The van der Waals surface area contributed by atoms with Gasteiger partial charge in [0.25, 0.3) is 11.1 Å². The van der Waals surface area contributed by atoms with Crippen LogP contribution >= 0.6 is 27.7 Å². The van der Waals surface area contributed by atoms with Gasteiger partial charge in [0.2, 0.25) is 5.91 Å². The minimum atomic E-state index is -0.524. The van der Waals surface area contributed by atoms with Crippen LogP contribution in [0.15, 0.2) is 76.1 Å². The molecule has 1 N–H and O–H groups in total. The predicted molar refractivity (Wildman–Crippen MR) is 144 cm³/mol. The Labute approximate surface area is 221 Å². The van der Waals surface area contributed by atoms with Crippen molar-refractivity contribution >= 4 is 56.5 Å². The predicted octanol–water partition coefficient (Wildman–Crippen LogP) is 6.02. The molecule has 0 radical (unpaired) electrons. The van der Waals surface area contributed by atoms with Crippen molar-refractivity contribution in [3.05, 3.63) is 92.8 Å². The second-order valence-corrected chi connectivity index (χ2v) is 9.84. The summed E-state index contributed by atoms with van der Waals surface area (Å²) < 4.78 is 12.1. The first-order chi connectivity index (χ1) is 17.3. The Kier molecular flexibility index (Phi) is 8.12. The van der Waals surface area contributed by atoms with Crippen molar-refractivity contribution in [2.24, 2.45) is 0 Å². The molecule has 0 saturated carbocycles. The molecule has 3 aromatic carbocycles. The van der Waals surface area contributed by atoms with E-state index in [-0.39, 0.29) is 11.4 Å². The van der Waals surface area contributed by atoms with E-state index in [1.54, 1.807) is 24.3 Å². The number of amides is 3. The number of carbonyl (C=O) groups excluding carboxylic acids is 3. The monoisotopic (exact) mass is 566 g/mol. The molecule has 1 aliphatic heterocycles. The van der Waals surface area contributed by atoms with Gasteiger partial charge in [0.05, 0.1) is 16.5 Å². The van der Waals surface area contributed by atoms with Gasteiger partial charge >= 0.3 is 0 Å². The van der Waals surface area contributed by atoms with E-state index in [0.29, 0.717) is 33.8 Å². The Balaban J connectivity index is 1.47. The molecule has 0 aliphatic carbocycles. The number of hydrogen-bond donors (Lipinski definition) is 1. The van der Waals surface area contributed by atoms with Gasteiger partial charge in [-0.1, -0.05) is 42.5 Å². The van der Waals surface area contributed by atoms with Crippen molar-refractivity contribution in [2.45, 2.75) is 13.5 Å². The smallest absolute Gasteiger partial charge is 0.294 e. The van der Waals surface area contributed by atoms with Crippen LogP contribution in [0.5, 0.6) is 11.5 Å². The van der Waals surface area contributed by atoms with Crippen LogP contribution in [0.1, 0.15) is 16.7 Å². The molecule has 36 heavy (non-hydrogen) atoms. The largest absolute Gasteiger partial charge is 0.493 e. The Morgan fingerprint density at radius 1 is 1.08 bits per heavy atom. The average molecular weight is 567 g/mol. The number of hydrogen-bond acceptors (Lipinski definition) is 6. The summed E-state index contributed by atoms with van der Waals surface area (Å²) in [5, 5.41) is 2.22. The molecule has 1 heterocycles. The van der Waals surface area contributed by atoms with Gasteiger partial charge in [-0.2, -0.15) is 0 Å². The molecule has 3 aromatic rings. The Morgan fingerprint density at radius 2 is 1.86 bits per heavy atom. The van der Waals surface area contributed by atoms with E-state index in [4.69, 9.17) is 9.47 Å². The fourth-order valence-electron chi connectivity index (χ4n) is 3.55. The highest BCUT2D eigenvalue weighted by Gasteiger charge is 2.36. The number of anilines is 1. The number of aryl methyl sites for hydroxylation is 1. The molecule has 1 fully saturated rings. The van der Waals surface area contributed by atoms with Gasteiger partial charge in [-0.3, -0.25) is 19.3 Å². The molecule has 0 atom stereocenters. The zero-order valence-electron chi connectivity index (χ0n) is 19.6. The van der Waals surface area contributed by atoms with E-state index < -0.39 is 17.1 Å². The highest BCUT2D eigenvalue weighted by molar-refractivity contribution is 9.10. The number of carbonyl (C=O) groups is 3. The summed E-state index contributed by atoms with van der Waals surface area (Å²) in [6, 6.07) is 20.5. The molecule has 7 nitrogen and oxygen atoms in total. The third-order valence-electron chi connectivity index (χ3n) is 5.25. The van der Waals surface area contributed by atoms with Gasteiger partial charge in [-0.15, -0.1) is 0 Å². The van der Waals surface area contributed by atoms with Crippen LogP contribution in [0, 0.1) is 6.92 Å². The van der Waals surface area contributed by atoms with Gasteiger partial charge in [0.15, 0.2) is 11.5 Å². The van der Waals surface area contributed by atoms with Gasteiger partial charge in [-0.05, 0) is 81.6 Å². The Hall–Kier alpha value is -3.56. The Bertz CT molecular complexity index is 1340. The van der Waals surface area contributed by atoms with Crippen molar-refractivity contribution in [3.8, 4) is 11.5 Å². The summed E-state index contributed by atoms with van der Waals surface area (Å²) in [6.45, 7) is 1.90. The molecular formula is C27H23BrN2O5S. The molecule has 1 aliphatic rings. The minimum absolute atomic E-state index is 0.218. The maximum absolute atomic E-state index is 12.9. The zero-order valence-corrected chi connectivity index (χ0v) is 22.0. The normalized spacial score (nSPS) is 14.3. The third-order valence-corrected chi connectivity index (χ3v) is 6.75. The average Bonchev–Trinajstić information content (AvgIpc) is 3.11. The number of methoxy groups -OCH3 is 1. The van der Waals surface area contributed by atoms with Crippen LogP contribution in [0.3, 0.4) is 0 Å². The number of halogens is 1. The van der Waals surface area contributed by atoms with Crippen LogP contribution in [-0.4, -0.2) is 35.6 Å². The molecule has 9 heteroatoms. The number of thioether (sulfide) groups is 1. The van der Waals surface area contributed by atoms with Gasteiger partial charge in [0, 0.05) is 5.69 Å². The molecule has 1 saturated heterocycles. The SMILES string of the molecule is COc1cc(C=C2SC(=O)N(CC(=O)Nc3cccc(C)c3)C2=O)cc(Br)c1OCc1ccccc1. The number of ether oxygens (including phenoxy) is 2. The van der Waals surface area contributed by atoms with Gasteiger partial charge < -0.3 is 14.8 Å². The van der Waals surface area contributed by atoms with Crippen molar-refractivity contribution in [1.82, 2.24) is 4.90 Å². The summed E-state index contributed by atoms with van der Waals surface area (Å²) in [7, 11) is 1.53. The summed E-state index contributed by atoms with van der Waals surface area (Å²) >= 11 is 4.30. The molecular weight excluding hydrogens is 544 g/mol. The fourth-order valence-corrected chi connectivity index (χ4v) is 4.96. The maximum Gasteiger partial charge on any atom is 0.294 e. The number of imide groups is 1. The van der Waals surface area contributed by atoms with Crippen LogP contribution in [0.4, 0.5) is 10.5 Å². The summed E-state index contributed by atoms with van der Waals surface area (Å²) in [6.07, 6.45) is 1.59. The molecule has 0 bridgehead atoms. The van der Waals surface area contributed by atoms with Crippen molar-refractivity contribution in [3.63, 3.8) is 0 Å². The van der Waals surface area contributed by atoms with E-state index in [2.05, 4.69) is 21.2 Å². The van der Waals surface area contributed by atoms with Crippen LogP contribution in [0.25, 0.3) is 6.08 Å². The summed E-state index contributed by atoms with van der Waals surface area (Å²) in [5.41, 5.74) is 3.24. The number of nitrogens with zero attached hydrogens (tertiary/aromatic N) is 1. The fraction of sp³-hybridized carbons (Fsp3) is 0.148. The van der Waals surface area contributed by atoms with Crippen molar-refractivity contribution < 1.29 is 23.9 Å². The summed E-state index contributed by atoms with van der Waals surface area (Å²) in [5.74, 6) is 0.0279. The maximum atomic E-state index is 12.9. The quantitative estimate of drug-likeness (QED) is 0.335. The lowest BCUT2D eigenvalue weighted by molar-refractivity contribution is -0.127.